The van der Waals surface area contributed by atoms with E-state index in [4.69, 9.17) is 10.2 Å². The van der Waals surface area contributed by atoms with Crippen LogP contribution in [0.3, 0.4) is 0 Å². The van der Waals surface area contributed by atoms with E-state index in [2.05, 4.69) is 13.5 Å². The summed E-state index contributed by atoms with van der Waals surface area (Å²) in [6, 6.07) is 16.6. The molecule has 0 aliphatic rings. The Morgan fingerprint density at radius 1 is 0.968 bits per heavy atom. The van der Waals surface area contributed by atoms with Crippen LogP contribution in [-0.4, -0.2) is 44.1 Å². The summed E-state index contributed by atoms with van der Waals surface area (Å²) in [4.78, 5) is 20.4. The van der Waals surface area contributed by atoms with E-state index in [0.29, 0.717) is 24.0 Å². The zero-order chi connectivity index (χ0) is 23.7. The van der Waals surface area contributed by atoms with E-state index in [0.717, 1.165) is 19.3 Å². The number of hydrogen-bond donors (Lipinski definition) is 4. The minimum atomic E-state index is -0.879. The van der Waals surface area contributed by atoms with Crippen LogP contribution in [0.4, 0.5) is 0 Å². The molecule has 0 heterocycles. The van der Waals surface area contributed by atoms with Gasteiger partial charge < -0.3 is 20.4 Å². The van der Waals surface area contributed by atoms with E-state index in [1.807, 2.05) is 0 Å². The zero-order valence-corrected chi connectivity index (χ0v) is 18.3. The second-order valence-electron chi connectivity index (χ2n) is 7.22. The van der Waals surface area contributed by atoms with Crippen LogP contribution in [0.5, 0.6) is 0 Å². The summed E-state index contributed by atoms with van der Waals surface area (Å²) in [6.45, 7) is 7.42. The van der Waals surface area contributed by atoms with Gasteiger partial charge in [0.15, 0.2) is 0 Å². The van der Waals surface area contributed by atoms with Crippen molar-refractivity contribution in [2.45, 2.75) is 57.7 Å². The summed E-state index contributed by atoms with van der Waals surface area (Å²) in [5.41, 5.74) is -0.0821. The summed E-state index contributed by atoms with van der Waals surface area (Å²) < 4.78 is 0. The molecule has 0 saturated heterocycles. The largest absolute Gasteiger partial charge is 0.478 e. The number of aliphatic hydroxyl groups is 2. The topological polar surface area (TPSA) is 115 Å². The molecule has 0 saturated carbocycles. The molecule has 0 aliphatic carbocycles. The van der Waals surface area contributed by atoms with Gasteiger partial charge in [0.1, 0.15) is 0 Å². The lowest BCUT2D eigenvalue weighted by molar-refractivity contribution is -0.0118. The summed E-state index contributed by atoms with van der Waals surface area (Å²) in [6.07, 6.45) is 5.10. The summed E-state index contributed by atoms with van der Waals surface area (Å²) in [5, 5.41) is 36.1. The molecule has 6 heteroatoms. The highest BCUT2D eigenvalue weighted by Crippen LogP contribution is 2.24. The number of carboxylic acids is 2. The van der Waals surface area contributed by atoms with Crippen LogP contribution in [0, 0.1) is 0 Å². The monoisotopic (exact) mass is 430 g/mol. The average molecular weight is 431 g/mol. The lowest BCUT2D eigenvalue weighted by atomic mass is 9.88. The van der Waals surface area contributed by atoms with Gasteiger partial charge in [0.25, 0.3) is 0 Å². The van der Waals surface area contributed by atoms with E-state index in [9.17, 15) is 19.8 Å². The van der Waals surface area contributed by atoms with Crippen molar-refractivity contribution in [1.82, 2.24) is 0 Å². The molecule has 2 rings (SSSR count). The summed E-state index contributed by atoms with van der Waals surface area (Å²) in [5.74, 6) is -1.76. The number of carbonyl (C=O) groups is 2. The third-order valence-electron chi connectivity index (χ3n) is 4.24. The second kappa shape index (κ2) is 15.8. The van der Waals surface area contributed by atoms with Gasteiger partial charge >= 0.3 is 11.9 Å². The van der Waals surface area contributed by atoms with Crippen molar-refractivity contribution < 1.29 is 30.0 Å². The first kappa shape index (κ1) is 28.0. The average Bonchev–Trinajstić information content (AvgIpc) is 2.74. The molecule has 0 aliphatic heterocycles. The minimum absolute atomic E-state index is 0.331. The standard InChI is InChI=1S/C11H22O2.2C7H6O2/c1-4-6-8-11(13,7-5-2)9-10(3)12;2*8-7(9)6-4-2-1-3-5-6/h5,10,12-13H,2,4,6-9H2,1,3H3;2*1-5H,(H,8,9). The predicted octanol–water partition coefficient (Wildman–Crippen LogP) is 5.02. The molecule has 2 aromatic carbocycles. The quantitative estimate of drug-likeness (QED) is 0.415. The molecule has 4 N–H and O–H groups in total. The molecule has 2 aromatic rings. The third-order valence-corrected chi connectivity index (χ3v) is 4.24. The highest BCUT2D eigenvalue weighted by Gasteiger charge is 2.26. The van der Waals surface area contributed by atoms with E-state index in [1.165, 1.54) is 0 Å². The van der Waals surface area contributed by atoms with Crippen molar-refractivity contribution in [2.24, 2.45) is 0 Å². The fourth-order valence-electron chi connectivity index (χ4n) is 2.77. The molecule has 6 nitrogen and oxygen atoms in total. The fourth-order valence-corrected chi connectivity index (χ4v) is 2.77. The number of hydrogen-bond acceptors (Lipinski definition) is 4. The molecule has 0 fully saturated rings. The number of aliphatic hydroxyl groups excluding tert-OH is 1. The van der Waals surface area contributed by atoms with Crippen LogP contribution in [-0.2, 0) is 0 Å². The molecule has 2 atom stereocenters. The van der Waals surface area contributed by atoms with E-state index in [1.54, 1.807) is 73.7 Å². The van der Waals surface area contributed by atoms with Crippen molar-refractivity contribution in [1.29, 1.82) is 0 Å². The maximum Gasteiger partial charge on any atom is 0.335 e. The Bertz CT molecular complexity index is 709. The van der Waals surface area contributed by atoms with E-state index < -0.39 is 23.6 Å². The van der Waals surface area contributed by atoms with Crippen LogP contribution in [0.2, 0.25) is 0 Å². The molecular weight excluding hydrogens is 396 g/mol. The van der Waals surface area contributed by atoms with Crippen molar-refractivity contribution in [3.63, 3.8) is 0 Å². The van der Waals surface area contributed by atoms with Gasteiger partial charge in [-0.3, -0.25) is 0 Å². The molecule has 0 amide bonds. The lowest BCUT2D eigenvalue weighted by Gasteiger charge is -2.28. The van der Waals surface area contributed by atoms with Crippen LogP contribution in [0.15, 0.2) is 73.3 Å². The third kappa shape index (κ3) is 13.8. The molecule has 0 aromatic heterocycles. The maximum absolute atomic E-state index is 10.2. The van der Waals surface area contributed by atoms with Gasteiger partial charge in [0.05, 0.1) is 22.8 Å². The van der Waals surface area contributed by atoms with Gasteiger partial charge in [-0.05, 0) is 44.0 Å². The molecule has 0 radical (unpaired) electrons. The summed E-state index contributed by atoms with van der Waals surface area (Å²) in [7, 11) is 0. The van der Waals surface area contributed by atoms with Crippen LogP contribution < -0.4 is 0 Å². The van der Waals surface area contributed by atoms with Crippen LogP contribution in [0.1, 0.15) is 66.7 Å². The molecule has 170 valence electrons. The Morgan fingerprint density at radius 2 is 1.39 bits per heavy atom. The molecule has 2 unspecified atom stereocenters. The highest BCUT2D eigenvalue weighted by atomic mass is 16.4. The number of unbranched alkanes of at least 4 members (excludes halogenated alkanes) is 1. The smallest absolute Gasteiger partial charge is 0.335 e. The Balaban J connectivity index is 0.000000445. The normalized spacial score (nSPS) is 12.6. The molecular formula is C25H34O6. The van der Waals surface area contributed by atoms with Crippen LogP contribution in [0.25, 0.3) is 0 Å². The van der Waals surface area contributed by atoms with Crippen molar-refractivity contribution in [3.8, 4) is 0 Å². The fraction of sp³-hybridized carbons (Fsp3) is 0.360. The van der Waals surface area contributed by atoms with Crippen molar-refractivity contribution >= 4 is 11.9 Å². The highest BCUT2D eigenvalue weighted by molar-refractivity contribution is 5.87. The van der Waals surface area contributed by atoms with Gasteiger partial charge in [0.2, 0.25) is 0 Å². The Morgan fingerprint density at radius 3 is 1.65 bits per heavy atom. The first-order valence-electron chi connectivity index (χ1n) is 10.2. The number of benzene rings is 2. The Labute approximate surface area is 184 Å². The number of rotatable bonds is 9. The first-order chi connectivity index (χ1) is 14.6. The van der Waals surface area contributed by atoms with Gasteiger partial charge in [-0.25, -0.2) is 9.59 Å². The molecule has 0 spiro atoms. The summed E-state index contributed by atoms with van der Waals surface area (Å²) >= 11 is 0. The van der Waals surface area contributed by atoms with Gasteiger partial charge in [-0.1, -0.05) is 62.2 Å². The van der Waals surface area contributed by atoms with E-state index >= 15 is 0 Å². The predicted molar refractivity (Wildman–Crippen MR) is 122 cm³/mol. The van der Waals surface area contributed by atoms with Gasteiger partial charge in [-0.2, -0.15) is 0 Å². The number of carboxylic acid groups (broad SMARTS) is 2. The number of aromatic carboxylic acids is 2. The Hall–Kier alpha value is -2.96. The van der Waals surface area contributed by atoms with Gasteiger partial charge in [-0.15, -0.1) is 6.58 Å². The van der Waals surface area contributed by atoms with Crippen molar-refractivity contribution in [2.75, 3.05) is 0 Å². The molecule has 31 heavy (non-hydrogen) atoms. The zero-order valence-electron chi connectivity index (χ0n) is 18.3. The maximum atomic E-state index is 10.2. The van der Waals surface area contributed by atoms with Gasteiger partial charge in [0, 0.05) is 6.42 Å². The second-order valence-corrected chi connectivity index (χ2v) is 7.22. The first-order valence-corrected chi connectivity index (χ1v) is 10.2. The van der Waals surface area contributed by atoms with E-state index in [-0.39, 0.29) is 0 Å². The van der Waals surface area contributed by atoms with Crippen molar-refractivity contribution in [3.05, 3.63) is 84.4 Å². The van der Waals surface area contributed by atoms with Crippen LogP contribution >= 0.6 is 0 Å². The SMILES string of the molecule is C=CCC(O)(CCCC)CC(C)O.O=C(O)c1ccccc1.O=C(O)c1ccccc1. The molecule has 0 bridgehead atoms. The lowest BCUT2D eigenvalue weighted by Crippen LogP contribution is -2.32. The Kier molecular flexibility index (Phi) is 14.3. The minimum Gasteiger partial charge on any atom is -0.478 e.